The molecule has 0 bridgehead atoms. The predicted octanol–water partition coefficient (Wildman–Crippen LogP) is 2.02. The zero-order valence-corrected chi connectivity index (χ0v) is 12.1. The van der Waals surface area contributed by atoms with E-state index in [2.05, 4.69) is 5.10 Å². The number of nitrogens with zero attached hydrogens (tertiary/aromatic N) is 3. The standard InChI is InChI=1S/C13H16ClN3O2/c1-7(2)5-9-6-10(15-16(9)4)17-12(18)8(3)11(14)13(17)19/h5-6,12,18H,1-4H3. The number of amides is 1. The number of halogens is 1. The van der Waals surface area contributed by atoms with E-state index >= 15 is 0 Å². The van der Waals surface area contributed by atoms with Crippen molar-refractivity contribution in [2.75, 3.05) is 4.90 Å². The summed E-state index contributed by atoms with van der Waals surface area (Å²) in [6.45, 7) is 5.58. The Labute approximate surface area is 116 Å². The molecule has 0 aliphatic carbocycles. The molecule has 1 amide bonds. The molecule has 1 unspecified atom stereocenters. The van der Waals surface area contributed by atoms with Crippen LogP contribution in [0.1, 0.15) is 26.5 Å². The van der Waals surface area contributed by atoms with Crippen LogP contribution in [0.25, 0.3) is 6.08 Å². The van der Waals surface area contributed by atoms with Gasteiger partial charge in [0.15, 0.2) is 12.0 Å². The van der Waals surface area contributed by atoms with Crippen LogP contribution in [-0.4, -0.2) is 27.0 Å². The highest BCUT2D eigenvalue weighted by atomic mass is 35.5. The molecule has 1 aromatic rings. The molecule has 1 atom stereocenters. The van der Waals surface area contributed by atoms with Gasteiger partial charge < -0.3 is 5.11 Å². The van der Waals surface area contributed by atoms with Gasteiger partial charge in [0.1, 0.15) is 5.03 Å². The molecule has 6 heteroatoms. The van der Waals surface area contributed by atoms with E-state index in [0.29, 0.717) is 11.4 Å². The second-order valence-electron chi connectivity index (χ2n) is 4.82. The first-order valence-corrected chi connectivity index (χ1v) is 6.27. The van der Waals surface area contributed by atoms with E-state index in [9.17, 15) is 9.90 Å². The maximum atomic E-state index is 12.0. The summed E-state index contributed by atoms with van der Waals surface area (Å²) in [5, 5.41) is 14.3. The molecule has 0 aromatic carbocycles. The van der Waals surface area contributed by atoms with Crippen molar-refractivity contribution in [3.63, 3.8) is 0 Å². The van der Waals surface area contributed by atoms with Crippen LogP contribution in [0.4, 0.5) is 5.82 Å². The van der Waals surface area contributed by atoms with Gasteiger partial charge in [0.05, 0.1) is 5.69 Å². The monoisotopic (exact) mass is 281 g/mol. The number of carbonyl (C=O) groups excluding carboxylic acids is 1. The summed E-state index contributed by atoms with van der Waals surface area (Å²) in [5.74, 6) is -0.0315. The molecule has 2 rings (SSSR count). The Balaban J connectivity index is 2.40. The smallest absolute Gasteiger partial charge is 0.273 e. The lowest BCUT2D eigenvalue weighted by Gasteiger charge is -2.18. The number of aliphatic hydroxyl groups is 1. The maximum absolute atomic E-state index is 12.0. The van der Waals surface area contributed by atoms with Crippen molar-refractivity contribution in [3.8, 4) is 0 Å². The Morgan fingerprint density at radius 3 is 2.63 bits per heavy atom. The van der Waals surface area contributed by atoms with E-state index in [0.717, 1.165) is 11.3 Å². The zero-order chi connectivity index (χ0) is 14.3. The van der Waals surface area contributed by atoms with Crippen molar-refractivity contribution in [2.24, 2.45) is 7.05 Å². The molecule has 5 nitrogen and oxygen atoms in total. The second kappa shape index (κ2) is 4.83. The molecule has 0 spiro atoms. The van der Waals surface area contributed by atoms with Crippen LogP contribution in [0.15, 0.2) is 22.2 Å². The largest absolute Gasteiger partial charge is 0.369 e. The Bertz CT molecular complexity index is 597. The Morgan fingerprint density at radius 2 is 2.16 bits per heavy atom. The number of aryl methyl sites for hydroxylation is 1. The van der Waals surface area contributed by atoms with Gasteiger partial charge in [-0.2, -0.15) is 5.10 Å². The minimum absolute atomic E-state index is 0.0573. The molecule has 0 radical (unpaired) electrons. The molecule has 2 heterocycles. The topological polar surface area (TPSA) is 58.4 Å². The predicted molar refractivity (Wildman–Crippen MR) is 74.6 cm³/mol. The van der Waals surface area contributed by atoms with Crippen LogP contribution in [0, 0.1) is 0 Å². The minimum Gasteiger partial charge on any atom is -0.369 e. The number of aromatic nitrogens is 2. The summed E-state index contributed by atoms with van der Waals surface area (Å²) in [4.78, 5) is 13.2. The van der Waals surface area contributed by atoms with E-state index in [-0.39, 0.29) is 5.03 Å². The highest BCUT2D eigenvalue weighted by Crippen LogP contribution is 2.31. The van der Waals surface area contributed by atoms with Crippen molar-refractivity contribution < 1.29 is 9.90 Å². The van der Waals surface area contributed by atoms with Crippen LogP contribution < -0.4 is 4.90 Å². The third-order valence-corrected chi connectivity index (χ3v) is 3.43. The fraction of sp³-hybridized carbons (Fsp3) is 0.385. The van der Waals surface area contributed by atoms with Crippen LogP contribution in [0.5, 0.6) is 0 Å². The molecule has 19 heavy (non-hydrogen) atoms. The number of allylic oxidation sites excluding steroid dienone is 1. The van der Waals surface area contributed by atoms with Gasteiger partial charge in [0, 0.05) is 18.7 Å². The molecule has 1 aromatic heterocycles. The molecule has 0 saturated carbocycles. The van der Waals surface area contributed by atoms with Crippen LogP contribution in [-0.2, 0) is 11.8 Å². The summed E-state index contributed by atoms with van der Waals surface area (Å²) in [7, 11) is 1.78. The van der Waals surface area contributed by atoms with Crippen molar-refractivity contribution >= 4 is 29.4 Å². The van der Waals surface area contributed by atoms with E-state index in [1.807, 2.05) is 19.9 Å². The summed E-state index contributed by atoms with van der Waals surface area (Å²) in [6, 6.07) is 1.75. The van der Waals surface area contributed by atoms with Crippen molar-refractivity contribution in [1.82, 2.24) is 9.78 Å². The molecule has 1 aliphatic rings. The minimum atomic E-state index is -1.05. The highest BCUT2D eigenvalue weighted by molar-refractivity contribution is 6.45. The fourth-order valence-electron chi connectivity index (χ4n) is 1.94. The third-order valence-electron chi connectivity index (χ3n) is 2.97. The molecule has 0 fully saturated rings. The van der Waals surface area contributed by atoms with Crippen LogP contribution >= 0.6 is 11.6 Å². The number of aliphatic hydroxyl groups excluding tert-OH is 1. The lowest BCUT2D eigenvalue weighted by atomic mass is 10.2. The summed E-state index contributed by atoms with van der Waals surface area (Å²) in [6.07, 6.45) is 0.903. The average molecular weight is 282 g/mol. The Kier molecular flexibility index (Phi) is 3.52. The van der Waals surface area contributed by atoms with Gasteiger partial charge in [0.2, 0.25) is 0 Å². The van der Waals surface area contributed by atoms with Crippen LogP contribution in [0.2, 0.25) is 0 Å². The molecule has 1 aliphatic heterocycles. The summed E-state index contributed by atoms with van der Waals surface area (Å²) >= 11 is 5.87. The summed E-state index contributed by atoms with van der Waals surface area (Å²) in [5.41, 5.74) is 2.42. The molecular formula is C13H16ClN3O2. The Hall–Kier alpha value is -1.59. The molecule has 102 valence electrons. The highest BCUT2D eigenvalue weighted by Gasteiger charge is 2.37. The molecule has 1 N–H and O–H groups in total. The van der Waals surface area contributed by atoms with Gasteiger partial charge in [-0.1, -0.05) is 17.2 Å². The van der Waals surface area contributed by atoms with Crippen molar-refractivity contribution in [2.45, 2.75) is 27.0 Å². The second-order valence-corrected chi connectivity index (χ2v) is 5.20. The van der Waals surface area contributed by atoms with E-state index in [1.54, 1.807) is 24.7 Å². The number of rotatable bonds is 2. The number of hydrogen-bond acceptors (Lipinski definition) is 3. The summed E-state index contributed by atoms with van der Waals surface area (Å²) < 4.78 is 1.66. The van der Waals surface area contributed by atoms with E-state index in [1.165, 1.54) is 4.90 Å². The first kappa shape index (κ1) is 13.8. The van der Waals surface area contributed by atoms with Crippen molar-refractivity contribution in [3.05, 3.63) is 27.9 Å². The number of anilines is 1. The van der Waals surface area contributed by atoms with Gasteiger partial charge in [-0.25, -0.2) is 0 Å². The van der Waals surface area contributed by atoms with E-state index in [4.69, 9.17) is 11.6 Å². The molecule has 0 saturated heterocycles. The van der Waals surface area contributed by atoms with Crippen LogP contribution in [0.3, 0.4) is 0 Å². The van der Waals surface area contributed by atoms with Gasteiger partial charge in [-0.05, 0) is 26.8 Å². The van der Waals surface area contributed by atoms with E-state index < -0.39 is 12.1 Å². The quantitative estimate of drug-likeness (QED) is 0.902. The SMILES string of the molecule is CC(C)=Cc1cc(N2C(=O)C(Cl)=C(C)C2O)nn1C. The lowest BCUT2D eigenvalue weighted by molar-refractivity contribution is -0.115. The number of hydrogen-bond donors (Lipinski definition) is 1. The number of carbonyl (C=O) groups is 1. The molecular weight excluding hydrogens is 266 g/mol. The zero-order valence-electron chi connectivity index (χ0n) is 11.3. The van der Waals surface area contributed by atoms with Gasteiger partial charge in [-0.15, -0.1) is 0 Å². The first-order valence-electron chi connectivity index (χ1n) is 5.89. The third kappa shape index (κ3) is 2.31. The Morgan fingerprint density at radius 1 is 1.53 bits per heavy atom. The fourth-order valence-corrected chi connectivity index (χ4v) is 2.13. The van der Waals surface area contributed by atoms with Gasteiger partial charge in [-0.3, -0.25) is 14.4 Å². The van der Waals surface area contributed by atoms with Gasteiger partial charge >= 0.3 is 0 Å². The maximum Gasteiger partial charge on any atom is 0.273 e. The van der Waals surface area contributed by atoms with Crippen molar-refractivity contribution in [1.29, 1.82) is 0 Å². The lowest BCUT2D eigenvalue weighted by Crippen LogP contribution is -2.35. The average Bonchev–Trinajstić information content (AvgIpc) is 2.75. The first-order chi connectivity index (χ1) is 8.82. The normalized spacial score (nSPS) is 19.4. The van der Waals surface area contributed by atoms with Gasteiger partial charge in [0.25, 0.3) is 5.91 Å².